The molecule has 0 radical (unpaired) electrons. The van der Waals surface area contributed by atoms with Crippen LogP contribution in [-0.4, -0.2) is 5.78 Å². The minimum Gasteiger partial charge on any atom is -0.295 e. The molecule has 0 unspecified atom stereocenters. The maximum atomic E-state index is 11.2. The largest absolute Gasteiger partial charge is 0.295 e. The molecule has 1 heteroatoms. The summed E-state index contributed by atoms with van der Waals surface area (Å²) in [4.78, 5) is 11.2. The molecule has 0 heterocycles. The van der Waals surface area contributed by atoms with Gasteiger partial charge in [0.15, 0.2) is 5.78 Å². The lowest BCUT2D eigenvalue weighted by atomic mass is 10.1. The summed E-state index contributed by atoms with van der Waals surface area (Å²) in [5, 5.41) is 0. The van der Waals surface area contributed by atoms with Crippen molar-refractivity contribution in [1.82, 2.24) is 0 Å². The molecule has 0 spiro atoms. The van der Waals surface area contributed by atoms with Gasteiger partial charge in [0.1, 0.15) is 0 Å². The van der Waals surface area contributed by atoms with Gasteiger partial charge in [-0.2, -0.15) is 0 Å². The number of ketones is 1. The fourth-order valence-corrected chi connectivity index (χ4v) is 1.78. The van der Waals surface area contributed by atoms with Crippen LogP contribution in [0.2, 0.25) is 0 Å². The van der Waals surface area contributed by atoms with Crippen LogP contribution in [0.3, 0.4) is 0 Å². The summed E-state index contributed by atoms with van der Waals surface area (Å²) in [6.45, 7) is 3.61. The number of carbonyl (C=O) groups is 1. The second-order valence-corrected chi connectivity index (χ2v) is 4.46. The van der Waals surface area contributed by atoms with Crippen molar-refractivity contribution in [2.75, 3.05) is 0 Å². The van der Waals surface area contributed by atoms with E-state index in [1.54, 1.807) is 6.92 Å². The third-order valence-corrected chi connectivity index (χ3v) is 2.98. The molecular weight excluding hydrogens is 232 g/mol. The van der Waals surface area contributed by atoms with Crippen LogP contribution >= 0.6 is 0 Å². The SMILES string of the molecule is CC(=O)c1ccc(C=C=C(C)c2ccccc2)cc1. The zero-order valence-electron chi connectivity index (χ0n) is 11.2. The first-order valence-corrected chi connectivity index (χ1v) is 6.26. The molecule has 2 rings (SSSR count). The lowest BCUT2D eigenvalue weighted by molar-refractivity contribution is 0.101. The number of Topliss-reactive ketones (excluding diaryl/α,β-unsaturated/α-hetero) is 1. The van der Waals surface area contributed by atoms with Crippen molar-refractivity contribution in [3.63, 3.8) is 0 Å². The Morgan fingerprint density at radius 2 is 1.53 bits per heavy atom. The second kappa shape index (κ2) is 5.99. The molecule has 19 heavy (non-hydrogen) atoms. The molecule has 0 aliphatic heterocycles. The fourth-order valence-electron chi connectivity index (χ4n) is 1.78. The molecule has 0 aliphatic rings. The van der Waals surface area contributed by atoms with E-state index in [0.717, 1.165) is 16.7 Å². The standard InChI is InChI=1S/C18H16O/c1-14(17-6-4-3-5-7-17)8-9-16-10-12-18(13-11-16)15(2)19/h3-7,9-13H,1-2H3. The van der Waals surface area contributed by atoms with Gasteiger partial charge >= 0.3 is 0 Å². The first-order valence-electron chi connectivity index (χ1n) is 6.26. The Morgan fingerprint density at radius 1 is 0.895 bits per heavy atom. The second-order valence-electron chi connectivity index (χ2n) is 4.46. The lowest BCUT2D eigenvalue weighted by Gasteiger charge is -1.97. The van der Waals surface area contributed by atoms with Crippen LogP contribution in [0.4, 0.5) is 0 Å². The van der Waals surface area contributed by atoms with E-state index in [2.05, 4.69) is 17.9 Å². The van der Waals surface area contributed by atoms with E-state index in [-0.39, 0.29) is 5.78 Å². The molecule has 0 saturated carbocycles. The van der Waals surface area contributed by atoms with Crippen molar-refractivity contribution in [2.45, 2.75) is 13.8 Å². The van der Waals surface area contributed by atoms with Gasteiger partial charge in [0, 0.05) is 5.56 Å². The van der Waals surface area contributed by atoms with Gasteiger partial charge in [-0.05, 0) is 36.6 Å². The van der Waals surface area contributed by atoms with E-state index >= 15 is 0 Å². The van der Waals surface area contributed by atoms with Crippen molar-refractivity contribution < 1.29 is 4.79 Å². The Balaban J connectivity index is 2.24. The summed E-state index contributed by atoms with van der Waals surface area (Å²) in [5.74, 6) is 0.0894. The third kappa shape index (κ3) is 3.54. The molecule has 0 aliphatic carbocycles. The van der Waals surface area contributed by atoms with Crippen LogP contribution in [0.1, 0.15) is 35.3 Å². The molecule has 0 bridgehead atoms. The summed E-state index contributed by atoms with van der Waals surface area (Å²) in [7, 11) is 0. The van der Waals surface area contributed by atoms with Crippen LogP contribution in [0, 0.1) is 0 Å². The first-order chi connectivity index (χ1) is 9.16. The maximum absolute atomic E-state index is 11.2. The van der Waals surface area contributed by atoms with E-state index < -0.39 is 0 Å². The van der Waals surface area contributed by atoms with E-state index in [1.165, 1.54) is 5.56 Å². The summed E-state index contributed by atoms with van der Waals surface area (Å²) in [6, 6.07) is 17.7. The third-order valence-electron chi connectivity index (χ3n) is 2.98. The Hall–Kier alpha value is -2.37. The highest BCUT2D eigenvalue weighted by molar-refractivity contribution is 5.94. The van der Waals surface area contributed by atoms with Crippen LogP contribution in [0.25, 0.3) is 11.6 Å². The average Bonchev–Trinajstić information content (AvgIpc) is 2.46. The van der Waals surface area contributed by atoms with Crippen LogP contribution < -0.4 is 0 Å². The molecule has 1 nitrogen and oxygen atoms in total. The van der Waals surface area contributed by atoms with Gasteiger partial charge in [0.25, 0.3) is 0 Å². The molecule has 0 aromatic heterocycles. The van der Waals surface area contributed by atoms with Crippen LogP contribution in [-0.2, 0) is 0 Å². The summed E-state index contributed by atoms with van der Waals surface area (Å²) >= 11 is 0. The topological polar surface area (TPSA) is 17.1 Å². The molecule has 0 amide bonds. The molecule has 0 atom stereocenters. The van der Waals surface area contributed by atoms with E-state index in [0.29, 0.717) is 0 Å². The van der Waals surface area contributed by atoms with Gasteiger partial charge in [0.2, 0.25) is 0 Å². The molecule has 2 aromatic rings. The number of carbonyl (C=O) groups excluding carboxylic acids is 1. The Labute approximate surface area is 113 Å². The molecule has 0 saturated heterocycles. The van der Waals surface area contributed by atoms with Crippen molar-refractivity contribution >= 4 is 17.4 Å². The van der Waals surface area contributed by atoms with Gasteiger partial charge in [-0.25, -0.2) is 0 Å². The lowest BCUT2D eigenvalue weighted by Crippen LogP contribution is -1.90. The highest BCUT2D eigenvalue weighted by Gasteiger charge is 1.97. The van der Waals surface area contributed by atoms with Crippen molar-refractivity contribution in [1.29, 1.82) is 0 Å². The van der Waals surface area contributed by atoms with E-state index in [4.69, 9.17) is 0 Å². The zero-order valence-corrected chi connectivity index (χ0v) is 11.2. The van der Waals surface area contributed by atoms with Gasteiger partial charge in [-0.1, -0.05) is 54.6 Å². The summed E-state index contributed by atoms with van der Waals surface area (Å²) < 4.78 is 0. The zero-order chi connectivity index (χ0) is 13.7. The van der Waals surface area contributed by atoms with Crippen LogP contribution in [0.5, 0.6) is 0 Å². The minimum absolute atomic E-state index is 0.0894. The fraction of sp³-hybridized carbons (Fsp3) is 0.111. The number of benzene rings is 2. The first kappa shape index (κ1) is 13.1. The normalized spacial score (nSPS) is 9.58. The molecule has 0 N–H and O–H groups in total. The molecule has 2 aromatic carbocycles. The van der Waals surface area contributed by atoms with Crippen molar-refractivity contribution in [3.8, 4) is 0 Å². The predicted molar refractivity (Wildman–Crippen MR) is 79.9 cm³/mol. The summed E-state index contributed by atoms with van der Waals surface area (Å²) in [6.07, 6.45) is 1.94. The predicted octanol–water partition coefficient (Wildman–Crippen LogP) is 4.60. The molecular formula is C18H16O. The molecule has 0 fully saturated rings. The Kier molecular flexibility index (Phi) is 4.12. The van der Waals surface area contributed by atoms with Gasteiger partial charge < -0.3 is 0 Å². The average molecular weight is 248 g/mol. The van der Waals surface area contributed by atoms with Gasteiger partial charge in [0.05, 0.1) is 0 Å². The monoisotopic (exact) mass is 248 g/mol. The van der Waals surface area contributed by atoms with Gasteiger partial charge in [-0.15, -0.1) is 5.73 Å². The highest BCUT2D eigenvalue weighted by Crippen LogP contribution is 2.12. The maximum Gasteiger partial charge on any atom is 0.159 e. The van der Waals surface area contributed by atoms with E-state index in [9.17, 15) is 4.79 Å². The number of allylic oxidation sites excluding steroid dienone is 1. The smallest absolute Gasteiger partial charge is 0.159 e. The van der Waals surface area contributed by atoms with Crippen molar-refractivity contribution in [2.24, 2.45) is 0 Å². The Morgan fingerprint density at radius 3 is 2.11 bits per heavy atom. The van der Waals surface area contributed by atoms with Crippen molar-refractivity contribution in [3.05, 3.63) is 77.0 Å². The van der Waals surface area contributed by atoms with Crippen LogP contribution in [0.15, 0.2) is 60.3 Å². The number of hydrogen-bond donors (Lipinski definition) is 0. The quantitative estimate of drug-likeness (QED) is 0.573. The minimum atomic E-state index is 0.0894. The number of rotatable bonds is 3. The Bertz CT molecular complexity index is 627. The van der Waals surface area contributed by atoms with Gasteiger partial charge in [-0.3, -0.25) is 4.79 Å². The highest BCUT2D eigenvalue weighted by atomic mass is 16.1. The molecule has 94 valence electrons. The summed E-state index contributed by atoms with van der Waals surface area (Å²) in [5.41, 5.74) is 7.31. The van der Waals surface area contributed by atoms with E-state index in [1.807, 2.05) is 55.5 Å². The number of hydrogen-bond acceptors (Lipinski definition) is 1.